The van der Waals surface area contributed by atoms with E-state index < -0.39 is 6.10 Å². The minimum atomic E-state index is -0.631. The van der Waals surface area contributed by atoms with E-state index >= 15 is 0 Å². The Kier molecular flexibility index (Phi) is 6.68. The predicted molar refractivity (Wildman–Crippen MR) is 111 cm³/mol. The van der Waals surface area contributed by atoms with E-state index in [0.717, 1.165) is 5.56 Å². The summed E-state index contributed by atoms with van der Waals surface area (Å²) in [7, 11) is 0. The fraction of sp³-hybridized carbons (Fsp3) is 0.217. The van der Waals surface area contributed by atoms with Crippen LogP contribution in [0.4, 0.5) is 5.69 Å². The highest BCUT2D eigenvalue weighted by molar-refractivity contribution is 5.98. The summed E-state index contributed by atoms with van der Waals surface area (Å²) in [5.41, 5.74) is 2.04. The van der Waals surface area contributed by atoms with E-state index in [2.05, 4.69) is 10.6 Å². The van der Waals surface area contributed by atoms with Gasteiger partial charge in [0.05, 0.1) is 12.8 Å². The summed E-state index contributed by atoms with van der Waals surface area (Å²) >= 11 is 0. The second-order valence-electron chi connectivity index (χ2n) is 6.66. The van der Waals surface area contributed by atoms with Crippen molar-refractivity contribution in [2.24, 2.45) is 0 Å². The van der Waals surface area contributed by atoms with Gasteiger partial charge in [-0.05, 0) is 61.4 Å². The van der Waals surface area contributed by atoms with Gasteiger partial charge in [-0.3, -0.25) is 9.59 Å². The van der Waals surface area contributed by atoms with Gasteiger partial charge in [-0.15, -0.1) is 0 Å². The van der Waals surface area contributed by atoms with Crippen LogP contribution in [0.15, 0.2) is 71.3 Å². The van der Waals surface area contributed by atoms with Gasteiger partial charge in [-0.25, -0.2) is 0 Å². The van der Waals surface area contributed by atoms with Crippen LogP contribution in [0, 0.1) is 6.92 Å². The molecule has 1 atom stereocenters. The molecule has 0 radical (unpaired) electrons. The second-order valence-corrected chi connectivity index (χ2v) is 6.66. The average Bonchev–Trinajstić information content (AvgIpc) is 3.24. The molecule has 1 unspecified atom stereocenters. The number of anilines is 1. The molecule has 0 aliphatic heterocycles. The molecule has 3 rings (SSSR count). The van der Waals surface area contributed by atoms with Crippen LogP contribution in [-0.4, -0.2) is 17.9 Å². The third kappa shape index (κ3) is 5.72. The molecule has 0 fully saturated rings. The molecule has 3 aromatic rings. The van der Waals surface area contributed by atoms with Crippen LogP contribution in [-0.2, 0) is 11.3 Å². The average molecular weight is 392 g/mol. The first-order valence-corrected chi connectivity index (χ1v) is 9.50. The first-order chi connectivity index (χ1) is 14.0. The van der Waals surface area contributed by atoms with Crippen molar-refractivity contribution in [3.63, 3.8) is 0 Å². The molecule has 6 nitrogen and oxygen atoms in total. The van der Waals surface area contributed by atoms with E-state index in [1.807, 2.05) is 38.1 Å². The van der Waals surface area contributed by atoms with Crippen LogP contribution < -0.4 is 15.4 Å². The van der Waals surface area contributed by atoms with Gasteiger partial charge in [0.2, 0.25) is 0 Å². The molecular weight excluding hydrogens is 368 g/mol. The summed E-state index contributed by atoms with van der Waals surface area (Å²) in [4.78, 5) is 25.0. The molecule has 0 spiro atoms. The highest BCUT2D eigenvalue weighted by Crippen LogP contribution is 2.17. The number of ether oxygens (including phenoxy) is 1. The molecule has 0 bridgehead atoms. The molecule has 0 saturated heterocycles. The normalized spacial score (nSPS) is 11.5. The zero-order valence-electron chi connectivity index (χ0n) is 16.5. The lowest BCUT2D eigenvalue weighted by Gasteiger charge is -2.18. The molecule has 2 N–H and O–H groups in total. The Balaban J connectivity index is 1.61. The van der Waals surface area contributed by atoms with Crippen LogP contribution in [0.1, 0.15) is 35.0 Å². The van der Waals surface area contributed by atoms with Gasteiger partial charge < -0.3 is 19.8 Å². The Bertz CT molecular complexity index is 967. The maximum absolute atomic E-state index is 12.6. The van der Waals surface area contributed by atoms with Crippen LogP contribution in [0.3, 0.4) is 0 Å². The number of rotatable bonds is 8. The summed E-state index contributed by atoms with van der Waals surface area (Å²) in [5.74, 6) is 0.808. The maximum Gasteiger partial charge on any atom is 0.265 e. The van der Waals surface area contributed by atoms with Crippen molar-refractivity contribution in [2.45, 2.75) is 32.9 Å². The van der Waals surface area contributed by atoms with E-state index in [1.54, 1.807) is 42.7 Å². The van der Waals surface area contributed by atoms with Crippen molar-refractivity contribution in [1.29, 1.82) is 0 Å². The third-order valence-corrected chi connectivity index (χ3v) is 4.33. The Morgan fingerprint density at radius 3 is 2.62 bits per heavy atom. The monoisotopic (exact) mass is 392 g/mol. The van der Waals surface area contributed by atoms with Gasteiger partial charge in [-0.2, -0.15) is 0 Å². The molecule has 2 aromatic carbocycles. The number of aryl methyl sites for hydroxylation is 1. The predicted octanol–water partition coefficient (Wildman–Crippen LogP) is 4.31. The largest absolute Gasteiger partial charge is 0.481 e. The number of hydrogen-bond donors (Lipinski definition) is 2. The van der Waals surface area contributed by atoms with Gasteiger partial charge in [0.15, 0.2) is 6.10 Å². The molecule has 1 aromatic heterocycles. The Hall–Kier alpha value is -3.54. The lowest BCUT2D eigenvalue weighted by molar-refractivity contribution is -0.122. The van der Waals surface area contributed by atoms with Crippen LogP contribution in [0.5, 0.6) is 5.75 Å². The molecule has 6 heteroatoms. The van der Waals surface area contributed by atoms with Crippen molar-refractivity contribution in [2.75, 3.05) is 5.32 Å². The van der Waals surface area contributed by atoms with Crippen molar-refractivity contribution in [1.82, 2.24) is 5.32 Å². The van der Waals surface area contributed by atoms with Gasteiger partial charge in [0, 0.05) is 11.3 Å². The minimum Gasteiger partial charge on any atom is -0.481 e. The number of furan rings is 1. The number of nitrogens with one attached hydrogen (secondary N) is 2. The highest BCUT2D eigenvalue weighted by atomic mass is 16.5. The number of hydrogen-bond acceptors (Lipinski definition) is 4. The SMILES string of the molecule is CCC(Oc1cccc(C)c1)C(=O)Nc1cccc(C(=O)NCc2ccco2)c1. The topological polar surface area (TPSA) is 80.6 Å². The van der Waals surface area contributed by atoms with Crippen molar-refractivity contribution >= 4 is 17.5 Å². The van der Waals surface area contributed by atoms with E-state index in [4.69, 9.17) is 9.15 Å². The lowest BCUT2D eigenvalue weighted by atomic mass is 10.1. The van der Waals surface area contributed by atoms with Gasteiger partial charge in [-0.1, -0.05) is 25.1 Å². The minimum absolute atomic E-state index is 0.249. The summed E-state index contributed by atoms with van der Waals surface area (Å²) in [6.07, 6.45) is 1.44. The Morgan fingerprint density at radius 1 is 1.07 bits per heavy atom. The molecule has 0 aliphatic rings. The summed E-state index contributed by atoms with van der Waals surface area (Å²) in [6.45, 7) is 4.15. The second kappa shape index (κ2) is 9.59. The Labute approximate surface area is 169 Å². The molecule has 150 valence electrons. The summed E-state index contributed by atoms with van der Waals surface area (Å²) < 4.78 is 11.0. The molecule has 29 heavy (non-hydrogen) atoms. The van der Waals surface area contributed by atoms with Crippen LogP contribution >= 0.6 is 0 Å². The van der Waals surface area contributed by atoms with E-state index in [9.17, 15) is 9.59 Å². The molecule has 0 saturated carbocycles. The molecule has 0 aliphatic carbocycles. The number of amides is 2. The van der Waals surface area contributed by atoms with Crippen molar-refractivity contribution in [3.8, 4) is 5.75 Å². The highest BCUT2D eigenvalue weighted by Gasteiger charge is 2.19. The van der Waals surface area contributed by atoms with Crippen LogP contribution in [0.25, 0.3) is 0 Å². The first-order valence-electron chi connectivity index (χ1n) is 9.50. The molecule has 1 heterocycles. The van der Waals surface area contributed by atoms with Crippen molar-refractivity contribution < 1.29 is 18.7 Å². The number of benzene rings is 2. The fourth-order valence-electron chi connectivity index (χ4n) is 2.82. The third-order valence-electron chi connectivity index (χ3n) is 4.33. The number of carbonyl (C=O) groups is 2. The van der Waals surface area contributed by atoms with Crippen molar-refractivity contribution in [3.05, 3.63) is 83.8 Å². The van der Waals surface area contributed by atoms with E-state index in [0.29, 0.717) is 35.7 Å². The zero-order valence-corrected chi connectivity index (χ0v) is 16.5. The van der Waals surface area contributed by atoms with Gasteiger partial charge in [0.25, 0.3) is 11.8 Å². The lowest BCUT2D eigenvalue weighted by Crippen LogP contribution is -2.32. The number of carbonyl (C=O) groups excluding carboxylic acids is 2. The summed E-state index contributed by atoms with van der Waals surface area (Å²) in [5, 5.41) is 5.61. The molecular formula is C23H24N2O4. The van der Waals surface area contributed by atoms with E-state index in [1.165, 1.54) is 0 Å². The van der Waals surface area contributed by atoms with Gasteiger partial charge >= 0.3 is 0 Å². The van der Waals surface area contributed by atoms with E-state index in [-0.39, 0.29) is 11.8 Å². The first kappa shape index (κ1) is 20.2. The smallest absolute Gasteiger partial charge is 0.265 e. The zero-order chi connectivity index (χ0) is 20.6. The Morgan fingerprint density at radius 2 is 1.90 bits per heavy atom. The van der Waals surface area contributed by atoms with Gasteiger partial charge in [0.1, 0.15) is 11.5 Å². The maximum atomic E-state index is 12.6. The van der Waals surface area contributed by atoms with Crippen LogP contribution in [0.2, 0.25) is 0 Å². The quantitative estimate of drug-likeness (QED) is 0.598. The summed E-state index contributed by atoms with van der Waals surface area (Å²) in [6, 6.07) is 17.9. The standard InChI is InChI=1S/C23H24N2O4/c1-3-21(29-19-10-4-7-16(2)13-19)23(27)25-18-9-5-8-17(14-18)22(26)24-15-20-11-6-12-28-20/h4-14,21H,3,15H2,1-2H3,(H,24,26)(H,25,27). The molecule has 2 amide bonds. The fourth-order valence-corrected chi connectivity index (χ4v) is 2.82.